The van der Waals surface area contributed by atoms with Gasteiger partial charge in [0.15, 0.2) is 12.4 Å². The Bertz CT molecular complexity index is 734. The molecule has 1 heterocycles. The van der Waals surface area contributed by atoms with Crippen LogP contribution in [-0.2, 0) is 9.53 Å². The number of benzene rings is 1. The minimum Gasteiger partial charge on any atom is -0.454 e. The van der Waals surface area contributed by atoms with Gasteiger partial charge in [0.2, 0.25) is 0 Å². The standard InChI is InChI=1S/C16H15BrN2O3/c1-16(5-6-16)14(20)10-22-15(21)11-8-18-19(9-11)13-4-2-3-12(17)7-13/h2-4,7-9H,5-6,10H2,1H3. The third kappa shape index (κ3) is 3.11. The number of ether oxygens (including phenoxy) is 1. The molecule has 0 spiro atoms. The molecule has 22 heavy (non-hydrogen) atoms. The highest BCUT2D eigenvalue weighted by atomic mass is 79.9. The third-order valence-corrected chi connectivity index (χ3v) is 4.39. The first-order valence-corrected chi connectivity index (χ1v) is 7.78. The van der Waals surface area contributed by atoms with Gasteiger partial charge in [-0.3, -0.25) is 4.79 Å². The minimum absolute atomic E-state index is 0.0137. The van der Waals surface area contributed by atoms with Gasteiger partial charge in [-0.05, 0) is 31.0 Å². The van der Waals surface area contributed by atoms with Crippen molar-refractivity contribution < 1.29 is 14.3 Å². The highest BCUT2D eigenvalue weighted by Crippen LogP contribution is 2.45. The van der Waals surface area contributed by atoms with E-state index >= 15 is 0 Å². The van der Waals surface area contributed by atoms with Crippen LogP contribution in [0, 0.1) is 5.41 Å². The van der Waals surface area contributed by atoms with Gasteiger partial charge in [-0.2, -0.15) is 5.10 Å². The summed E-state index contributed by atoms with van der Waals surface area (Å²) in [4.78, 5) is 23.8. The van der Waals surface area contributed by atoms with Crippen LogP contribution in [0.2, 0.25) is 0 Å². The molecule has 6 heteroatoms. The number of aromatic nitrogens is 2. The molecule has 0 unspecified atom stereocenters. The van der Waals surface area contributed by atoms with Crippen LogP contribution in [0.4, 0.5) is 0 Å². The molecule has 0 radical (unpaired) electrons. The van der Waals surface area contributed by atoms with E-state index in [1.54, 1.807) is 10.9 Å². The Morgan fingerprint density at radius 2 is 2.18 bits per heavy atom. The molecule has 1 aromatic heterocycles. The quantitative estimate of drug-likeness (QED) is 0.766. The van der Waals surface area contributed by atoms with Crippen LogP contribution < -0.4 is 0 Å². The predicted molar refractivity (Wildman–Crippen MR) is 83.9 cm³/mol. The predicted octanol–water partition coefficient (Wildman–Crippen LogP) is 3.16. The molecule has 1 aliphatic rings. The van der Waals surface area contributed by atoms with Crippen molar-refractivity contribution in [3.63, 3.8) is 0 Å². The summed E-state index contributed by atoms with van der Waals surface area (Å²) in [5.74, 6) is -0.543. The first-order chi connectivity index (χ1) is 10.5. The Labute approximate surface area is 136 Å². The lowest BCUT2D eigenvalue weighted by atomic mass is 10.1. The highest BCUT2D eigenvalue weighted by Gasteiger charge is 2.44. The number of carbonyl (C=O) groups is 2. The second-order valence-electron chi connectivity index (χ2n) is 5.71. The summed E-state index contributed by atoms with van der Waals surface area (Å²) in [7, 11) is 0. The van der Waals surface area contributed by atoms with Gasteiger partial charge >= 0.3 is 5.97 Å². The van der Waals surface area contributed by atoms with Gasteiger partial charge < -0.3 is 4.74 Å². The lowest BCUT2D eigenvalue weighted by molar-refractivity contribution is -0.126. The van der Waals surface area contributed by atoms with E-state index in [4.69, 9.17) is 4.74 Å². The van der Waals surface area contributed by atoms with Crippen molar-refractivity contribution in [2.75, 3.05) is 6.61 Å². The normalized spacial score (nSPS) is 15.4. The van der Waals surface area contributed by atoms with Crippen LogP contribution in [0.5, 0.6) is 0 Å². The monoisotopic (exact) mass is 362 g/mol. The molecule has 0 atom stereocenters. The Balaban J connectivity index is 1.65. The maximum atomic E-state index is 12.0. The molecule has 2 aromatic rings. The van der Waals surface area contributed by atoms with E-state index in [1.165, 1.54) is 6.20 Å². The van der Waals surface area contributed by atoms with Crippen LogP contribution in [0.25, 0.3) is 5.69 Å². The molecular formula is C16H15BrN2O3. The first kappa shape index (κ1) is 15.0. The molecular weight excluding hydrogens is 348 g/mol. The van der Waals surface area contributed by atoms with E-state index in [0.717, 1.165) is 23.0 Å². The van der Waals surface area contributed by atoms with Crippen LogP contribution in [0.15, 0.2) is 41.1 Å². The number of hydrogen-bond donors (Lipinski definition) is 0. The largest absolute Gasteiger partial charge is 0.454 e. The lowest BCUT2D eigenvalue weighted by Gasteiger charge is -2.07. The fourth-order valence-electron chi connectivity index (χ4n) is 2.04. The molecule has 1 saturated carbocycles. The SMILES string of the molecule is CC1(C(=O)COC(=O)c2cnn(-c3cccc(Br)c3)c2)CC1. The average Bonchev–Trinajstić information content (AvgIpc) is 3.07. The van der Waals surface area contributed by atoms with E-state index in [9.17, 15) is 9.59 Å². The summed E-state index contributed by atoms with van der Waals surface area (Å²) in [5.41, 5.74) is 0.879. The van der Waals surface area contributed by atoms with Gasteiger partial charge in [0.05, 0.1) is 17.4 Å². The maximum Gasteiger partial charge on any atom is 0.341 e. The van der Waals surface area contributed by atoms with Gasteiger partial charge in [0, 0.05) is 16.1 Å². The summed E-state index contributed by atoms with van der Waals surface area (Å²) in [6.07, 6.45) is 4.79. The van der Waals surface area contributed by atoms with Gasteiger partial charge in [0.25, 0.3) is 0 Å². The number of carbonyl (C=O) groups excluding carboxylic acids is 2. The summed E-state index contributed by atoms with van der Waals surface area (Å²) < 4.78 is 7.59. The van der Waals surface area contributed by atoms with E-state index in [0.29, 0.717) is 5.56 Å². The molecule has 5 nitrogen and oxygen atoms in total. The molecule has 1 aromatic carbocycles. The smallest absolute Gasteiger partial charge is 0.341 e. The topological polar surface area (TPSA) is 61.2 Å². The van der Waals surface area contributed by atoms with Gasteiger partial charge in [0.1, 0.15) is 0 Å². The fraction of sp³-hybridized carbons (Fsp3) is 0.312. The molecule has 0 aliphatic heterocycles. The highest BCUT2D eigenvalue weighted by molar-refractivity contribution is 9.10. The molecule has 0 amide bonds. The fourth-order valence-corrected chi connectivity index (χ4v) is 2.43. The second kappa shape index (κ2) is 5.68. The second-order valence-corrected chi connectivity index (χ2v) is 6.63. The van der Waals surface area contributed by atoms with Gasteiger partial charge in [-0.15, -0.1) is 0 Å². The van der Waals surface area contributed by atoms with Crippen molar-refractivity contribution in [1.29, 1.82) is 0 Å². The number of halogens is 1. The zero-order valence-electron chi connectivity index (χ0n) is 12.1. The molecule has 1 aliphatic carbocycles. The summed E-state index contributed by atoms with van der Waals surface area (Å²) in [6, 6.07) is 7.56. The molecule has 0 N–H and O–H groups in total. The number of hydrogen-bond acceptors (Lipinski definition) is 4. The van der Waals surface area contributed by atoms with Crippen molar-refractivity contribution in [3.8, 4) is 5.69 Å². The Morgan fingerprint density at radius 3 is 2.86 bits per heavy atom. The van der Waals surface area contributed by atoms with E-state index in [2.05, 4.69) is 21.0 Å². The van der Waals surface area contributed by atoms with E-state index in [-0.39, 0.29) is 17.8 Å². The Kier molecular flexibility index (Phi) is 3.87. The molecule has 0 bridgehead atoms. The van der Waals surface area contributed by atoms with Crippen molar-refractivity contribution in [1.82, 2.24) is 9.78 Å². The molecule has 114 valence electrons. The molecule has 1 fully saturated rings. The molecule has 0 saturated heterocycles. The van der Waals surface area contributed by atoms with Crippen molar-refractivity contribution in [2.24, 2.45) is 5.41 Å². The zero-order valence-corrected chi connectivity index (χ0v) is 13.7. The van der Waals surface area contributed by atoms with Crippen molar-refractivity contribution in [3.05, 3.63) is 46.7 Å². The Morgan fingerprint density at radius 1 is 1.41 bits per heavy atom. The van der Waals surface area contributed by atoms with Crippen LogP contribution >= 0.6 is 15.9 Å². The van der Waals surface area contributed by atoms with Crippen molar-refractivity contribution >= 4 is 27.7 Å². The maximum absolute atomic E-state index is 12.0. The number of rotatable bonds is 5. The van der Waals surface area contributed by atoms with Gasteiger partial charge in [-0.25, -0.2) is 9.48 Å². The molecule has 3 rings (SSSR count). The first-order valence-electron chi connectivity index (χ1n) is 6.99. The Hall–Kier alpha value is -1.95. The number of esters is 1. The third-order valence-electron chi connectivity index (χ3n) is 3.90. The lowest BCUT2D eigenvalue weighted by Crippen LogP contribution is -2.20. The van der Waals surface area contributed by atoms with Crippen LogP contribution in [-0.4, -0.2) is 28.1 Å². The average molecular weight is 363 g/mol. The van der Waals surface area contributed by atoms with E-state index in [1.807, 2.05) is 31.2 Å². The zero-order chi connectivity index (χ0) is 15.7. The summed E-state index contributed by atoms with van der Waals surface area (Å²) >= 11 is 3.39. The van der Waals surface area contributed by atoms with Crippen LogP contribution in [0.3, 0.4) is 0 Å². The number of Topliss-reactive ketones (excluding diaryl/α,β-unsaturated/α-hetero) is 1. The minimum atomic E-state index is -0.529. The van der Waals surface area contributed by atoms with Crippen molar-refractivity contribution in [2.45, 2.75) is 19.8 Å². The summed E-state index contributed by atoms with van der Waals surface area (Å²) in [5, 5.41) is 4.15. The van der Waals surface area contributed by atoms with Crippen LogP contribution in [0.1, 0.15) is 30.1 Å². The van der Waals surface area contributed by atoms with Gasteiger partial charge in [-0.1, -0.05) is 28.9 Å². The number of ketones is 1. The summed E-state index contributed by atoms with van der Waals surface area (Å²) in [6.45, 7) is 1.73. The number of nitrogens with zero attached hydrogens (tertiary/aromatic N) is 2. The van der Waals surface area contributed by atoms with E-state index < -0.39 is 5.97 Å².